The van der Waals surface area contributed by atoms with Gasteiger partial charge in [-0.1, -0.05) is 30.3 Å². The number of rotatable bonds is 5. The number of hydrogen-bond acceptors (Lipinski definition) is 4. The van der Waals surface area contributed by atoms with E-state index in [4.69, 9.17) is 0 Å². The predicted octanol–water partition coefficient (Wildman–Crippen LogP) is 1.49. The molecule has 21 heavy (non-hydrogen) atoms. The minimum Gasteiger partial charge on any atom is -0.378 e. The van der Waals surface area contributed by atoms with Gasteiger partial charge in [0, 0.05) is 24.4 Å². The number of nitrogens with zero attached hydrogens (tertiary/aromatic N) is 2. The summed E-state index contributed by atoms with van der Waals surface area (Å²) in [6.07, 6.45) is -0.609. The minimum absolute atomic E-state index is 0.394. The maximum absolute atomic E-state index is 11.9. The largest absolute Gasteiger partial charge is 0.378 e. The molecule has 0 fully saturated rings. The van der Waals surface area contributed by atoms with Gasteiger partial charge in [-0.05, 0) is 25.5 Å². The smallest absolute Gasteiger partial charge is 0.253 e. The fourth-order valence-electron chi connectivity index (χ4n) is 2.09. The van der Waals surface area contributed by atoms with Gasteiger partial charge < -0.3 is 10.4 Å². The van der Waals surface area contributed by atoms with E-state index in [0.29, 0.717) is 24.4 Å². The molecule has 0 aliphatic carbocycles. The van der Waals surface area contributed by atoms with Crippen molar-refractivity contribution in [2.75, 3.05) is 6.54 Å². The molecule has 0 spiro atoms. The number of benzene rings is 1. The van der Waals surface area contributed by atoms with E-state index in [1.54, 1.807) is 24.3 Å². The van der Waals surface area contributed by atoms with E-state index < -0.39 is 12.0 Å². The summed E-state index contributed by atoms with van der Waals surface area (Å²) in [6.45, 7) is 4.22. The van der Waals surface area contributed by atoms with Crippen molar-refractivity contribution in [3.63, 3.8) is 0 Å². The Hall–Kier alpha value is -2.27. The van der Waals surface area contributed by atoms with E-state index >= 15 is 0 Å². The van der Waals surface area contributed by atoms with E-state index in [0.717, 1.165) is 11.4 Å². The molecule has 110 valence electrons. The standard InChI is InChI=1S/C16H19N3O2/c1-11-10-12(2)19-14(18-11)8-9-17-16(21)15(20)13-6-4-3-5-7-13/h3-7,10,15,20H,8-9H2,1-2H3,(H,17,21)/t15-/m1/s1. The van der Waals surface area contributed by atoms with E-state index in [1.807, 2.05) is 26.0 Å². The lowest BCUT2D eigenvalue weighted by Crippen LogP contribution is -2.31. The minimum atomic E-state index is -1.15. The molecule has 0 aliphatic heterocycles. The quantitative estimate of drug-likeness (QED) is 0.872. The lowest BCUT2D eigenvalue weighted by Gasteiger charge is -2.11. The number of carbonyl (C=O) groups is 1. The van der Waals surface area contributed by atoms with Gasteiger partial charge in [0.2, 0.25) is 0 Å². The summed E-state index contributed by atoms with van der Waals surface area (Å²) in [5.74, 6) is 0.285. The number of amides is 1. The van der Waals surface area contributed by atoms with E-state index in [1.165, 1.54) is 0 Å². The van der Waals surface area contributed by atoms with Gasteiger partial charge in [-0.25, -0.2) is 9.97 Å². The van der Waals surface area contributed by atoms with Gasteiger partial charge in [0.1, 0.15) is 5.82 Å². The Bertz CT molecular complexity index is 594. The Morgan fingerprint density at radius 1 is 1.19 bits per heavy atom. The highest BCUT2D eigenvalue weighted by Crippen LogP contribution is 2.11. The van der Waals surface area contributed by atoms with Gasteiger partial charge in [-0.15, -0.1) is 0 Å². The lowest BCUT2D eigenvalue weighted by atomic mass is 10.1. The third-order valence-corrected chi connectivity index (χ3v) is 3.04. The van der Waals surface area contributed by atoms with Crippen molar-refractivity contribution in [2.45, 2.75) is 26.4 Å². The third kappa shape index (κ3) is 4.36. The van der Waals surface area contributed by atoms with Crippen LogP contribution in [0.2, 0.25) is 0 Å². The number of aliphatic hydroxyl groups is 1. The summed E-state index contributed by atoms with van der Waals surface area (Å²) in [5, 5.41) is 12.6. The molecular formula is C16H19N3O2. The highest BCUT2D eigenvalue weighted by atomic mass is 16.3. The molecule has 1 atom stereocenters. The number of hydrogen-bond donors (Lipinski definition) is 2. The van der Waals surface area contributed by atoms with Crippen molar-refractivity contribution in [1.29, 1.82) is 0 Å². The molecule has 1 amide bonds. The van der Waals surface area contributed by atoms with Gasteiger partial charge in [0.25, 0.3) is 5.91 Å². The van der Waals surface area contributed by atoms with Crippen LogP contribution in [0.1, 0.15) is 28.9 Å². The number of aryl methyl sites for hydroxylation is 2. The average molecular weight is 285 g/mol. The Kier molecular flexibility index (Phi) is 5.00. The van der Waals surface area contributed by atoms with Crippen LogP contribution in [0.25, 0.3) is 0 Å². The first-order valence-corrected chi connectivity index (χ1v) is 6.88. The zero-order chi connectivity index (χ0) is 15.2. The number of aliphatic hydroxyl groups excluding tert-OH is 1. The molecule has 2 rings (SSSR count). The Labute approximate surface area is 124 Å². The summed E-state index contributed by atoms with van der Waals surface area (Å²) in [7, 11) is 0. The average Bonchev–Trinajstić information content (AvgIpc) is 2.46. The fourth-order valence-corrected chi connectivity index (χ4v) is 2.09. The van der Waals surface area contributed by atoms with Crippen molar-refractivity contribution in [3.8, 4) is 0 Å². The van der Waals surface area contributed by atoms with Crippen LogP contribution < -0.4 is 5.32 Å². The molecule has 0 unspecified atom stereocenters. The number of nitrogens with one attached hydrogen (secondary N) is 1. The summed E-state index contributed by atoms with van der Waals surface area (Å²) < 4.78 is 0. The van der Waals surface area contributed by atoms with Crippen molar-refractivity contribution in [1.82, 2.24) is 15.3 Å². The topological polar surface area (TPSA) is 75.1 Å². The van der Waals surface area contributed by atoms with Crippen LogP contribution >= 0.6 is 0 Å². The third-order valence-electron chi connectivity index (χ3n) is 3.04. The van der Waals surface area contributed by atoms with Gasteiger partial charge >= 0.3 is 0 Å². The Morgan fingerprint density at radius 3 is 2.43 bits per heavy atom. The maximum atomic E-state index is 11.9. The molecule has 1 heterocycles. The first-order valence-electron chi connectivity index (χ1n) is 6.88. The molecule has 5 heteroatoms. The number of aromatic nitrogens is 2. The van der Waals surface area contributed by atoms with Crippen LogP contribution in [0.5, 0.6) is 0 Å². The van der Waals surface area contributed by atoms with Crippen molar-refractivity contribution >= 4 is 5.91 Å². The number of carbonyl (C=O) groups excluding carboxylic acids is 1. The zero-order valence-electron chi connectivity index (χ0n) is 12.2. The van der Waals surface area contributed by atoms with Crippen molar-refractivity contribution < 1.29 is 9.90 Å². The monoisotopic (exact) mass is 285 g/mol. The first kappa shape index (κ1) is 15.1. The summed E-state index contributed by atoms with van der Waals surface area (Å²) in [4.78, 5) is 20.5. The summed E-state index contributed by atoms with van der Waals surface area (Å²) in [6, 6.07) is 10.8. The normalized spacial score (nSPS) is 12.0. The van der Waals surface area contributed by atoms with E-state index in [9.17, 15) is 9.90 Å². The van der Waals surface area contributed by atoms with Crippen LogP contribution in [-0.4, -0.2) is 27.5 Å². The second-order valence-corrected chi connectivity index (χ2v) is 4.92. The van der Waals surface area contributed by atoms with E-state index in [-0.39, 0.29) is 0 Å². The van der Waals surface area contributed by atoms with Crippen molar-refractivity contribution in [3.05, 3.63) is 59.2 Å². The maximum Gasteiger partial charge on any atom is 0.253 e. The molecular weight excluding hydrogens is 266 g/mol. The van der Waals surface area contributed by atoms with Gasteiger partial charge in [0.05, 0.1) is 0 Å². The van der Waals surface area contributed by atoms with Crippen LogP contribution in [-0.2, 0) is 11.2 Å². The van der Waals surface area contributed by atoms with Gasteiger partial charge in [-0.2, -0.15) is 0 Å². The summed E-state index contributed by atoms with van der Waals surface area (Å²) >= 11 is 0. The molecule has 1 aromatic carbocycles. The van der Waals surface area contributed by atoms with Gasteiger partial charge in [-0.3, -0.25) is 4.79 Å². The summed E-state index contributed by atoms with van der Waals surface area (Å²) in [5.41, 5.74) is 2.40. The second kappa shape index (κ2) is 6.95. The van der Waals surface area contributed by atoms with Crippen LogP contribution in [0.15, 0.2) is 36.4 Å². The molecule has 5 nitrogen and oxygen atoms in total. The van der Waals surface area contributed by atoms with Crippen molar-refractivity contribution in [2.24, 2.45) is 0 Å². The van der Waals surface area contributed by atoms with Crippen LogP contribution in [0.3, 0.4) is 0 Å². The fraction of sp³-hybridized carbons (Fsp3) is 0.312. The molecule has 2 N–H and O–H groups in total. The molecule has 0 radical (unpaired) electrons. The first-order chi connectivity index (χ1) is 10.1. The highest BCUT2D eigenvalue weighted by Gasteiger charge is 2.16. The second-order valence-electron chi connectivity index (χ2n) is 4.92. The van der Waals surface area contributed by atoms with Crippen LogP contribution in [0, 0.1) is 13.8 Å². The molecule has 2 aromatic rings. The highest BCUT2D eigenvalue weighted by molar-refractivity contribution is 5.81. The van der Waals surface area contributed by atoms with E-state index in [2.05, 4.69) is 15.3 Å². The lowest BCUT2D eigenvalue weighted by molar-refractivity contribution is -0.129. The Balaban J connectivity index is 1.87. The molecule has 0 saturated carbocycles. The molecule has 0 bridgehead atoms. The molecule has 0 aliphatic rings. The SMILES string of the molecule is Cc1cc(C)nc(CCNC(=O)[C@H](O)c2ccccc2)n1. The molecule has 0 saturated heterocycles. The zero-order valence-corrected chi connectivity index (χ0v) is 12.2. The van der Waals surface area contributed by atoms with Gasteiger partial charge in [0.15, 0.2) is 6.10 Å². The Morgan fingerprint density at radius 2 is 1.81 bits per heavy atom. The van der Waals surface area contributed by atoms with Crippen LogP contribution in [0.4, 0.5) is 0 Å². The molecule has 1 aromatic heterocycles. The predicted molar refractivity (Wildman–Crippen MR) is 79.6 cm³/mol.